The lowest BCUT2D eigenvalue weighted by molar-refractivity contribution is 0.0550. The van der Waals surface area contributed by atoms with Crippen LogP contribution in [0.4, 0.5) is 4.79 Å². The van der Waals surface area contributed by atoms with Gasteiger partial charge in [-0.25, -0.2) is 9.36 Å². The van der Waals surface area contributed by atoms with Gasteiger partial charge in [-0.2, -0.15) is 0 Å². The van der Waals surface area contributed by atoms with Crippen LogP contribution in [-0.2, 0) is 4.74 Å². The van der Waals surface area contributed by atoms with E-state index in [-0.39, 0.29) is 0 Å². The molecule has 0 aliphatic rings. The summed E-state index contributed by atoms with van der Waals surface area (Å²) in [7, 11) is 0. The standard InChI is InChI=1S/C18H18N2O3/c1-18(2,3)23-17(21)20-14-10-6-4-8-12(14)16(19-22)13-9-5-7-11-15(13)20/h4-11,22H,1-3H3. The Balaban J connectivity index is 2.46. The molecule has 2 aromatic carbocycles. The van der Waals surface area contributed by atoms with Gasteiger partial charge >= 0.3 is 6.09 Å². The van der Waals surface area contributed by atoms with Gasteiger partial charge in [-0.1, -0.05) is 41.6 Å². The van der Waals surface area contributed by atoms with E-state index in [1.807, 2.05) is 57.2 Å². The fraction of sp³-hybridized carbons (Fsp3) is 0.222. The number of ether oxygens (including phenoxy) is 1. The summed E-state index contributed by atoms with van der Waals surface area (Å²) >= 11 is 0. The van der Waals surface area contributed by atoms with Crippen LogP contribution in [0.2, 0.25) is 0 Å². The van der Waals surface area contributed by atoms with E-state index in [1.165, 1.54) is 4.57 Å². The maximum atomic E-state index is 12.7. The van der Waals surface area contributed by atoms with Crippen LogP contribution < -0.4 is 5.36 Å². The number of nitrogens with zero attached hydrogens (tertiary/aromatic N) is 2. The summed E-state index contributed by atoms with van der Waals surface area (Å²) in [6.45, 7) is 5.48. The number of para-hydroxylation sites is 2. The Morgan fingerprint density at radius 3 is 1.91 bits per heavy atom. The lowest BCUT2D eigenvalue weighted by Crippen LogP contribution is -2.28. The fourth-order valence-corrected chi connectivity index (χ4v) is 2.62. The SMILES string of the molecule is CC(C)(C)OC(=O)n1c2ccccc2c(=NO)c2ccccc21. The highest BCUT2D eigenvalue weighted by Gasteiger charge is 2.21. The fourth-order valence-electron chi connectivity index (χ4n) is 2.62. The van der Waals surface area contributed by atoms with Gasteiger partial charge in [-0.15, -0.1) is 0 Å². The van der Waals surface area contributed by atoms with Crippen LogP contribution in [0.3, 0.4) is 0 Å². The van der Waals surface area contributed by atoms with E-state index < -0.39 is 11.7 Å². The second-order valence-electron chi connectivity index (χ2n) is 6.30. The highest BCUT2D eigenvalue weighted by atomic mass is 16.6. The van der Waals surface area contributed by atoms with E-state index in [9.17, 15) is 10.0 Å². The molecule has 0 bridgehead atoms. The van der Waals surface area contributed by atoms with E-state index in [0.717, 1.165) is 0 Å². The molecular weight excluding hydrogens is 292 g/mol. The number of aromatic nitrogens is 1. The second-order valence-corrected chi connectivity index (χ2v) is 6.30. The minimum Gasteiger partial charge on any atom is -0.443 e. The molecule has 23 heavy (non-hydrogen) atoms. The van der Waals surface area contributed by atoms with Crippen molar-refractivity contribution in [1.29, 1.82) is 0 Å². The zero-order chi connectivity index (χ0) is 16.6. The Labute approximate surface area is 133 Å². The molecule has 118 valence electrons. The Hall–Kier alpha value is -2.82. The number of carbonyl (C=O) groups excluding carboxylic acids is 1. The maximum absolute atomic E-state index is 12.7. The van der Waals surface area contributed by atoms with Crippen molar-refractivity contribution in [1.82, 2.24) is 4.57 Å². The van der Waals surface area contributed by atoms with E-state index in [2.05, 4.69) is 5.16 Å². The topological polar surface area (TPSA) is 63.8 Å². The predicted octanol–water partition coefficient (Wildman–Crippen LogP) is 3.87. The molecule has 0 saturated heterocycles. The average molecular weight is 310 g/mol. The molecule has 0 aliphatic heterocycles. The van der Waals surface area contributed by atoms with Gasteiger partial charge in [-0.3, -0.25) is 0 Å². The summed E-state index contributed by atoms with van der Waals surface area (Å²) in [5.41, 5.74) is 0.660. The van der Waals surface area contributed by atoms with Crippen LogP contribution >= 0.6 is 0 Å². The molecule has 0 spiro atoms. The number of fused-ring (bicyclic) bond motifs is 2. The third-order valence-corrected chi connectivity index (χ3v) is 3.48. The number of hydrogen-bond donors (Lipinski definition) is 1. The number of benzene rings is 2. The molecule has 3 rings (SSSR count). The van der Waals surface area contributed by atoms with Crippen molar-refractivity contribution < 1.29 is 14.7 Å². The molecule has 0 saturated carbocycles. The molecule has 0 atom stereocenters. The minimum absolute atomic E-state index is 0.441. The van der Waals surface area contributed by atoms with E-state index in [1.54, 1.807) is 12.1 Å². The number of hydrogen-bond acceptors (Lipinski definition) is 4. The molecule has 5 heteroatoms. The van der Waals surface area contributed by atoms with Crippen LogP contribution in [0.15, 0.2) is 53.7 Å². The first-order chi connectivity index (χ1) is 10.9. The van der Waals surface area contributed by atoms with Gasteiger partial charge in [0, 0.05) is 10.8 Å². The molecule has 0 radical (unpaired) electrons. The maximum Gasteiger partial charge on any atom is 0.419 e. The number of rotatable bonds is 0. The normalized spacial score (nSPS) is 11.6. The average Bonchev–Trinajstić information content (AvgIpc) is 2.50. The van der Waals surface area contributed by atoms with E-state index in [4.69, 9.17) is 4.74 Å². The number of pyridine rings is 1. The van der Waals surface area contributed by atoms with Crippen LogP contribution in [0.1, 0.15) is 20.8 Å². The molecule has 1 aromatic heterocycles. The van der Waals surface area contributed by atoms with Crippen LogP contribution in [0, 0.1) is 0 Å². The zero-order valence-corrected chi connectivity index (χ0v) is 13.3. The van der Waals surface area contributed by atoms with Gasteiger partial charge in [0.2, 0.25) is 0 Å². The first-order valence-electron chi connectivity index (χ1n) is 7.36. The summed E-state index contributed by atoms with van der Waals surface area (Å²) in [4.78, 5) is 12.7. The van der Waals surface area contributed by atoms with Gasteiger partial charge in [0.15, 0.2) is 0 Å². The van der Waals surface area contributed by atoms with Crippen LogP contribution in [-0.4, -0.2) is 21.5 Å². The quantitative estimate of drug-likeness (QED) is 0.389. The van der Waals surface area contributed by atoms with Crippen molar-refractivity contribution >= 4 is 27.9 Å². The molecule has 1 heterocycles. The molecule has 0 aliphatic carbocycles. The highest BCUT2D eigenvalue weighted by molar-refractivity contribution is 6.00. The third kappa shape index (κ3) is 2.65. The molecule has 1 N–H and O–H groups in total. The Bertz CT molecular complexity index is 905. The Morgan fingerprint density at radius 2 is 1.48 bits per heavy atom. The molecular formula is C18H18N2O3. The Kier molecular flexibility index (Phi) is 3.56. The molecule has 0 unspecified atom stereocenters. The largest absolute Gasteiger partial charge is 0.443 e. The zero-order valence-electron chi connectivity index (χ0n) is 13.3. The van der Waals surface area contributed by atoms with Gasteiger partial charge < -0.3 is 9.94 Å². The monoisotopic (exact) mass is 310 g/mol. The molecule has 0 fully saturated rings. The summed E-state index contributed by atoms with van der Waals surface area (Å²) in [5, 5.41) is 14.7. The number of carbonyl (C=O) groups is 1. The van der Waals surface area contributed by atoms with Gasteiger partial charge in [0.1, 0.15) is 11.0 Å². The van der Waals surface area contributed by atoms with Crippen molar-refractivity contribution in [2.45, 2.75) is 26.4 Å². The van der Waals surface area contributed by atoms with Gasteiger partial charge in [0.05, 0.1) is 11.0 Å². The third-order valence-electron chi connectivity index (χ3n) is 3.48. The first-order valence-corrected chi connectivity index (χ1v) is 7.36. The van der Waals surface area contributed by atoms with E-state index in [0.29, 0.717) is 27.2 Å². The minimum atomic E-state index is -0.605. The van der Waals surface area contributed by atoms with Gasteiger partial charge in [0.25, 0.3) is 0 Å². The molecule has 3 aromatic rings. The highest BCUT2D eigenvalue weighted by Crippen LogP contribution is 2.21. The van der Waals surface area contributed by atoms with Crippen molar-refractivity contribution in [3.63, 3.8) is 0 Å². The van der Waals surface area contributed by atoms with Crippen molar-refractivity contribution in [2.24, 2.45) is 5.16 Å². The van der Waals surface area contributed by atoms with Crippen LogP contribution in [0.25, 0.3) is 21.8 Å². The Morgan fingerprint density at radius 1 is 1.00 bits per heavy atom. The lowest BCUT2D eigenvalue weighted by atomic mass is 10.1. The lowest BCUT2D eigenvalue weighted by Gasteiger charge is -2.22. The smallest absolute Gasteiger partial charge is 0.419 e. The summed E-state index contributed by atoms with van der Waals surface area (Å²) in [5.74, 6) is 0. The molecule has 5 nitrogen and oxygen atoms in total. The summed E-state index contributed by atoms with van der Waals surface area (Å²) in [6.07, 6.45) is -0.464. The summed E-state index contributed by atoms with van der Waals surface area (Å²) in [6, 6.07) is 14.6. The van der Waals surface area contributed by atoms with Crippen molar-refractivity contribution in [3.8, 4) is 0 Å². The molecule has 0 amide bonds. The second kappa shape index (κ2) is 5.43. The van der Waals surface area contributed by atoms with E-state index >= 15 is 0 Å². The van der Waals surface area contributed by atoms with Gasteiger partial charge in [-0.05, 0) is 32.9 Å². The first kappa shape index (κ1) is 15.1. The van der Waals surface area contributed by atoms with Crippen molar-refractivity contribution in [3.05, 3.63) is 53.9 Å². The van der Waals surface area contributed by atoms with Crippen LogP contribution in [0.5, 0.6) is 0 Å². The van der Waals surface area contributed by atoms with Crippen molar-refractivity contribution in [2.75, 3.05) is 0 Å². The predicted molar refractivity (Wildman–Crippen MR) is 88.4 cm³/mol. The summed E-state index contributed by atoms with van der Waals surface area (Å²) < 4.78 is 7.06.